The lowest BCUT2D eigenvalue weighted by Gasteiger charge is -2.15. The highest BCUT2D eigenvalue weighted by molar-refractivity contribution is 7.89. The van der Waals surface area contributed by atoms with Gasteiger partial charge in [-0.2, -0.15) is 15.6 Å². The molecule has 0 bridgehead atoms. The maximum absolute atomic E-state index is 12.2. The van der Waals surface area contributed by atoms with Gasteiger partial charge in [0.25, 0.3) is 0 Å². The highest BCUT2D eigenvalue weighted by Gasteiger charge is 2.23. The van der Waals surface area contributed by atoms with E-state index in [-0.39, 0.29) is 17.1 Å². The first-order chi connectivity index (χ1) is 8.91. The van der Waals surface area contributed by atoms with Crippen molar-refractivity contribution in [2.75, 3.05) is 7.05 Å². The van der Waals surface area contributed by atoms with Gasteiger partial charge in [-0.05, 0) is 28.5 Å². The minimum Gasteiger partial charge on any atom is -0.477 e. The van der Waals surface area contributed by atoms with Crippen molar-refractivity contribution in [3.8, 4) is 0 Å². The molecule has 0 aromatic carbocycles. The highest BCUT2D eigenvalue weighted by atomic mass is 32.2. The van der Waals surface area contributed by atoms with Crippen LogP contribution in [0.3, 0.4) is 0 Å². The Balaban J connectivity index is 2.23. The quantitative estimate of drug-likeness (QED) is 0.877. The van der Waals surface area contributed by atoms with E-state index in [1.165, 1.54) is 28.9 Å². The highest BCUT2D eigenvalue weighted by Crippen LogP contribution is 2.18. The molecule has 0 aliphatic heterocycles. The average molecular weight is 300 g/mol. The van der Waals surface area contributed by atoms with Crippen LogP contribution in [0.15, 0.2) is 34.0 Å². The number of sulfonamides is 1. The molecule has 2 aromatic rings. The summed E-state index contributed by atoms with van der Waals surface area (Å²) in [6.07, 6.45) is 1.18. The van der Waals surface area contributed by atoms with Crippen molar-refractivity contribution in [1.29, 1.82) is 0 Å². The van der Waals surface area contributed by atoms with Crippen LogP contribution in [-0.2, 0) is 16.6 Å². The van der Waals surface area contributed by atoms with Crippen LogP contribution in [0.5, 0.6) is 0 Å². The molecule has 0 aliphatic rings. The Kier molecular flexibility index (Phi) is 3.74. The van der Waals surface area contributed by atoms with E-state index in [1.807, 2.05) is 16.8 Å². The predicted molar refractivity (Wildman–Crippen MR) is 70.7 cm³/mol. The Morgan fingerprint density at radius 1 is 1.53 bits per heavy atom. The minimum atomic E-state index is -3.68. The lowest BCUT2D eigenvalue weighted by Crippen LogP contribution is -2.26. The number of rotatable bonds is 5. The monoisotopic (exact) mass is 300 g/mol. The minimum absolute atomic E-state index is 0.0531. The van der Waals surface area contributed by atoms with Gasteiger partial charge in [0, 0.05) is 19.8 Å². The van der Waals surface area contributed by atoms with E-state index in [1.54, 1.807) is 0 Å². The van der Waals surface area contributed by atoms with Crippen molar-refractivity contribution >= 4 is 27.3 Å². The van der Waals surface area contributed by atoms with E-state index < -0.39 is 16.0 Å². The summed E-state index contributed by atoms with van der Waals surface area (Å²) in [5.41, 5.74) is 0.743. The second kappa shape index (κ2) is 5.16. The van der Waals surface area contributed by atoms with Gasteiger partial charge in [-0.1, -0.05) is 0 Å². The Morgan fingerprint density at radius 3 is 2.79 bits per heavy atom. The first kappa shape index (κ1) is 13.8. The van der Waals surface area contributed by atoms with E-state index in [0.29, 0.717) is 0 Å². The molecular weight excluding hydrogens is 288 g/mol. The van der Waals surface area contributed by atoms with Gasteiger partial charge >= 0.3 is 5.97 Å². The summed E-state index contributed by atoms with van der Waals surface area (Å²) in [6, 6.07) is 2.96. The van der Waals surface area contributed by atoms with Gasteiger partial charge in [-0.15, -0.1) is 0 Å². The summed E-state index contributed by atoms with van der Waals surface area (Å²) in [7, 11) is -2.23. The molecule has 8 heteroatoms. The summed E-state index contributed by atoms with van der Waals surface area (Å²) >= 11 is 1.49. The van der Waals surface area contributed by atoms with Crippen molar-refractivity contribution < 1.29 is 18.3 Å². The number of nitrogens with zero attached hydrogens (tertiary/aromatic N) is 1. The molecule has 0 atom stereocenters. The number of hydrogen-bond donors (Lipinski definition) is 2. The van der Waals surface area contributed by atoms with E-state index >= 15 is 0 Å². The smallest absolute Gasteiger partial charge is 0.352 e. The van der Waals surface area contributed by atoms with Crippen LogP contribution >= 0.6 is 11.3 Å². The number of carboxylic acids is 1. The lowest BCUT2D eigenvalue weighted by molar-refractivity contribution is 0.0691. The van der Waals surface area contributed by atoms with Gasteiger partial charge in [-0.3, -0.25) is 0 Å². The second-order valence-corrected chi connectivity index (χ2v) is 6.77. The fourth-order valence-electron chi connectivity index (χ4n) is 1.55. The molecule has 0 saturated carbocycles. The molecule has 0 spiro atoms. The van der Waals surface area contributed by atoms with E-state index in [2.05, 4.69) is 4.98 Å². The van der Waals surface area contributed by atoms with E-state index in [0.717, 1.165) is 11.6 Å². The summed E-state index contributed by atoms with van der Waals surface area (Å²) < 4.78 is 25.6. The first-order valence-electron chi connectivity index (χ1n) is 5.30. The third kappa shape index (κ3) is 2.86. The third-order valence-electron chi connectivity index (χ3n) is 2.58. The SMILES string of the molecule is CN(Cc1ccsc1)S(=O)(=O)c1c[nH]c(C(=O)O)c1. The Morgan fingerprint density at radius 2 is 2.26 bits per heavy atom. The molecular formula is C11H12N2O4S2. The van der Waals surface area contributed by atoms with Gasteiger partial charge in [0.05, 0.1) is 0 Å². The zero-order valence-corrected chi connectivity index (χ0v) is 11.7. The van der Waals surface area contributed by atoms with Crippen molar-refractivity contribution in [2.24, 2.45) is 0 Å². The molecule has 0 saturated heterocycles. The number of carbonyl (C=O) groups is 1. The van der Waals surface area contributed by atoms with E-state index in [9.17, 15) is 13.2 Å². The molecule has 102 valence electrons. The van der Waals surface area contributed by atoms with Crippen LogP contribution in [-0.4, -0.2) is 35.8 Å². The second-order valence-electron chi connectivity index (χ2n) is 3.95. The topological polar surface area (TPSA) is 90.5 Å². The summed E-state index contributed by atoms with van der Waals surface area (Å²) in [4.78, 5) is 13.1. The molecule has 0 fully saturated rings. The zero-order chi connectivity index (χ0) is 14.0. The van der Waals surface area contributed by atoms with Crippen LogP contribution in [0.1, 0.15) is 16.1 Å². The summed E-state index contributed by atoms with van der Waals surface area (Å²) in [5.74, 6) is -1.19. The van der Waals surface area contributed by atoms with Crippen LogP contribution in [0, 0.1) is 0 Å². The van der Waals surface area contributed by atoms with Crippen molar-refractivity contribution in [3.63, 3.8) is 0 Å². The van der Waals surface area contributed by atoms with Crippen molar-refractivity contribution in [1.82, 2.24) is 9.29 Å². The van der Waals surface area contributed by atoms with Gasteiger partial charge in [0.1, 0.15) is 10.6 Å². The van der Waals surface area contributed by atoms with Crippen molar-refractivity contribution in [3.05, 3.63) is 40.3 Å². The molecule has 2 heterocycles. The molecule has 0 unspecified atom stereocenters. The molecule has 0 amide bonds. The Bertz CT molecular complexity index is 673. The van der Waals surface area contributed by atoms with Gasteiger partial charge in [0.2, 0.25) is 10.0 Å². The van der Waals surface area contributed by atoms with Gasteiger partial charge < -0.3 is 10.1 Å². The van der Waals surface area contributed by atoms with Crippen LogP contribution < -0.4 is 0 Å². The number of aromatic amines is 1. The third-order valence-corrected chi connectivity index (χ3v) is 5.09. The lowest BCUT2D eigenvalue weighted by atomic mass is 10.3. The molecule has 2 rings (SSSR count). The number of nitrogens with one attached hydrogen (secondary N) is 1. The van der Waals surface area contributed by atoms with Crippen molar-refractivity contribution in [2.45, 2.75) is 11.4 Å². The molecule has 2 aromatic heterocycles. The maximum Gasteiger partial charge on any atom is 0.352 e. The number of thiophene rings is 1. The zero-order valence-electron chi connectivity index (χ0n) is 10.0. The normalized spacial score (nSPS) is 11.9. The first-order valence-corrected chi connectivity index (χ1v) is 7.68. The molecule has 19 heavy (non-hydrogen) atoms. The number of aromatic carboxylic acids is 1. The number of aromatic nitrogens is 1. The Labute approximate surface area is 114 Å². The Hall–Kier alpha value is -1.64. The number of carboxylic acid groups (broad SMARTS) is 1. The average Bonchev–Trinajstić information content (AvgIpc) is 2.99. The number of hydrogen-bond acceptors (Lipinski definition) is 4. The van der Waals surface area contributed by atoms with Gasteiger partial charge in [0.15, 0.2) is 0 Å². The molecule has 2 N–H and O–H groups in total. The molecule has 0 aliphatic carbocycles. The van der Waals surface area contributed by atoms with Gasteiger partial charge in [-0.25, -0.2) is 13.2 Å². The van der Waals surface area contributed by atoms with Crippen LogP contribution in [0.4, 0.5) is 0 Å². The molecule has 0 radical (unpaired) electrons. The standard InChI is InChI=1S/C11H12N2O4S2/c1-13(6-8-2-3-18-7-8)19(16,17)9-4-10(11(14)15)12-5-9/h2-5,7,12H,6H2,1H3,(H,14,15). The largest absolute Gasteiger partial charge is 0.477 e. The predicted octanol–water partition coefficient (Wildman–Crippen LogP) is 1.60. The van der Waals surface area contributed by atoms with Crippen LogP contribution in [0.25, 0.3) is 0 Å². The summed E-state index contributed by atoms with van der Waals surface area (Å²) in [5, 5.41) is 12.5. The fourth-order valence-corrected chi connectivity index (χ4v) is 3.36. The summed E-state index contributed by atoms with van der Waals surface area (Å²) in [6.45, 7) is 0.249. The maximum atomic E-state index is 12.2. The number of H-pyrrole nitrogens is 1. The van der Waals surface area contributed by atoms with E-state index in [4.69, 9.17) is 5.11 Å². The van der Waals surface area contributed by atoms with Crippen LogP contribution in [0.2, 0.25) is 0 Å². The molecule has 6 nitrogen and oxygen atoms in total. The fraction of sp³-hybridized carbons (Fsp3) is 0.182.